The average molecular weight is 358 g/mol. The molecule has 1 aromatic carbocycles. The van der Waals surface area contributed by atoms with E-state index in [-0.39, 0.29) is 12.1 Å². The smallest absolute Gasteiger partial charge is 0.256 e. The van der Waals surface area contributed by atoms with Crippen LogP contribution in [-0.4, -0.2) is 20.1 Å². The van der Waals surface area contributed by atoms with E-state index in [2.05, 4.69) is 17.6 Å². The topological polar surface area (TPSA) is 59.6 Å². The monoisotopic (exact) mass is 358 g/mol. The molecule has 0 spiro atoms. The van der Waals surface area contributed by atoms with Gasteiger partial charge in [0.1, 0.15) is 22.7 Å². The molecule has 1 aromatic heterocycles. The van der Waals surface area contributed by atoms with Crippen LogP contribution in [0.4, 0.5) is 5.00 Å². The minimum atomic E-state index is -0.307. The molecule has 4 rings (SSSR count). The molecule has 6 heteroatoms. The molecule has 2 atom stereocenters. The van der Waals surface area contributed by atoms with Crippen LogP contribution in [0.25, 0.3) is 0 Å². The van der Waals surface area contributed by atoms with Crippen LogP contribution in [0.2, 0.25) is 0 Å². The zero-order chi connectivity index (χ0) is 17.6. The highest BCUT2D eigenvalue weighted by Gasteiger charge is 2.33. The number of rotatable bonds is 3. The second-order valence-corrected chi connectivity index (χ2v) is 7.82. The molecule has 2 aromatic rings. The van der Waals surface area contributed by atoms with E-state index in [0.717, 1.165) is 41.1 Å². The Balaban J connectivity index is 1.69. The first-order valence-corrected chi connectivity index (χ1v) is 9.36. The number of fused-ring (bicyclic) bond motifs is 3. The number of anilines is 1. The van der Waals surface area contributed by atoms with E-state index in [1.54, 1.807) is 25.6 Å². The van der Waals surface area contributed by atoms with Crippen molar-refractivity contribution in [2.75, 3.05) is 19.5 Å². The van der Waals surface area contributed by atoms with Crippen molar-refractivity contribution in [3.63, 3.8) is 0 Å². The van der Waals surface area contributed by atoms with Gasteiger partial charge in [-0.05, 0) is 42.9 Å². The Labute approximate surface area is 151 Å². The highest BCUT2D eigenvalue weighted by atomic mass is 32.1. The number of thiophene rings is 1. The maximum atomic E-state index is 12.8. The Kier molecular flexibility index (Phi) is 4.07. The fourth-order valence-corrected chi connectivity index (χ4v) is 5.11. The number of carbonyl (C=O) groups excluding carboxylic acids is 1. The van der Waals surface area contributed by atoms with Gasteiger partial charge < -0.3 is 20.1 Å². The predicted molar refractivity (Wildman–Crippen MR) is 98.9 cm³/mol. The number of hydrogen-bond acceptors (Lipinski definition) is 5. The van der Waals surface area contributed by atoms with Gasteiger partial charge in [-0.3, -0.25) is 4.79 Å². The number of amides is 1. The maximum absolute atomic E-state index is 12.8. The summed E-state index contributed by atoms with van der Waals surface area (Å²) in [5.41, 5.74) is 2.97. The molecule has 2 unspecified atom stereocenters. The second-order valence-electron chi connectivity index (χ2n) is 6.71. The van der Waals surface area contributed by atoms with Crippen LogP contribution in [0.3, 0.4) is 0 Å². The SMILES string of the molecule is COc1ccc(C2NC(=O)c3c(sc4c3CCC(C)C4)N2)c(OC)c1. The molecule has 132 valence electrons. The minimum absolute atomic E-state index is 0.00340. The summed E-state index contributed by atoms with van der Waals surface area (Å²) < 4.78 is 10.7. The maximum Gasteiger partial charge on any atom is 0.256 e. The van der Waals surface area contributed by atoms with Crippen molar-refractivity contribution in [1.82, 2.24) is 5.32 Å². The third-order valence-electron chi connectivity index (χ3n) is 5.04. The van der Waals surface area contributed by atoms with Gasteiger partial charge in [-0.25, -0.2) is 0 Å². The van der Waals surface area contributed by atoms with Gasteiger partial charge in [-0.15, -0.1) is 11.3 Å². The molecule has 5 nitrogen and oxygen atoms in total. The van der Waals surface area contributed by atoms with Crippen molar-refractivity contribution in [2.24, 2.45) is 5.92 Å². The first kappa shape index (κ1) is 16.3. The summed E-state index contributed by atoms with van der Waals surface area (Å²) >= 11 is 1.73. The summed E-state index contributed by atoms with van der Waals surface area (Å²) in [6.07, 6.45) is 2.91. The number of hydrogen-bond donors (Lipinski definition) is 2. The third kappa shape index (κ3) is 2.74. The van der Waals surface area contributed by atoms with E-state index in [1.807, 2.05) is 18.2 Å². The van der Waals surface area contributed by atoms with Crippen molar-refractivity contribution >= 4 is 22.2 Å². The van der Waals surface area contributed by atoms with Gasteiger partial charge in [-0.2, -0.15) is 0 Å². The average Bonchev–Trinajstić information content (AvgIpc) is 2.98. The molecule has 1 aliphatic carbocycles. The molecule has 1 amide bonds. The summed E-state index contributed by atoms with van der Waals surface area (Å²) in [6.45, 7) is 2.28. The molecular weight excluding hydrogens is 336 g/mol. The summed E-state index contributed by atoms with van der Waals surface area (Å²) in [5.74, 6) is 2.11. The highest BCUT2D eigenvalue weighted by molar-refractivity contribution is 7.16. The van der Waals surface area contributed by atoms with Crippen molar-refractivity contribution in [3.8, 4) is 11.5 Å². The van der Waals surface area contributed by atoms with Gasteiger partial charge in [0.05, 0.1) is 19.8 Å². The van der Waals surface area contributed by atoms with E-state index in [4.69, 9.17) is 9.47 Å². The second kappa shape index (κ2) is 6.26. The number of carbonyl (C=O) groups is 1. The van der Waals surface area contributed by atoms with E-state index < -0.39 is 0 Å². The molecule has 0 saturated heterocycles. The molecule has 0 radical (unpaired) electrons. The third-order valence-corrected chi connectivity index (χ3v) is 6.23. The van der Waals surface area contributed by atoms with Crippen LogP contribution in [0, 0.1) is 5.92 Å². The van der Waals surface area contributed by atoms with Gasteiger partial charge in [0.2, 0.25) is 0 Å². The normalized spacial score (nSPS) is 21.6. The Morgan fingerprint density at radius 1 is 1.20 bits per heavy atom. The molecule has 2 N–H and O–H groups in total. The van der Waals surface area contributed by atoms with Crippen LogP contribution in [0.5, 0.6) is 11.5 Å². The highest BCUT2D eigenvalue weighted by Crippen LogP contribution is 2.43. The minimum Gasteiger partial charge on any atom is -0.497 e. The van der Waals surface area contributed by atoms with Crippen LogP contribution < -0.4 is 20.1 Å². The van der Waals surface area contributed by atoms with Gasteiger partial charge in [-0.1, -0.05) is 6.92 Å². The number of nitrogens with one attached hydrogen (secondary N) is 2. The Morgan fingerprint density at radius 3 is 2.80 bits per heavy atom. The lowest BCUT2D eigenvalue weighted by Crippen LogP contribution is -2.38. The summed E-state index contributed by atoms with van der Waals surface area (Å²) in [4.78, 5) is 14.2. The quantitative estimate of drug-likeness (QED) is 0.877. The Bertz CT molecular complexity index is 830. The predicted octanol–water partition coefficient (Wildman–Crippen LogP) is 3.74. The van der Waals surface area contributed by atoms with E-state index in [9.17, 15) is 4.79 Å². The molecule has 0 bridgehead atoms. The summed E-state index contributed by atoms with van der Waals surface area (Å²) in [6, 6.07) is 5.64. The zero-order valence-electron chi connectivity index (χ0n) is 14.6. The largest absolute Gasteiger partial charge is 0.497 e. The lowest BCUT2D eigenvalue weighted by molar-refractivity contribution is 0.0934. The van der Waals surface area contributed by atoms with Crippen molar-refractivity contribution in [2.45, 2.75) is 32.4 Å². The van der Waals surface area contributed by atoms with Crippen LogP contribution in [-0.2, 0) is 12.8 Å². The lowest BCUT2D eigenvalue weighted by atomic mass is 9.88. The number of ether oxygens (including phenoxy) is 2. The molecule has 2 heterocycles. The molecule has 1 aliphatic heterocycles. The zero-order valence-corrected chi connectivity index (χ0v) is 15.5. The molecule has 0 fully saturated rings. The van der Waals surface area contributed by atoms with Gasteiger partial charge in [0.25, 0.3) is 5.91 Å². The van der Waals surface area contributed by atoms with Crippen molar-refractivity contribution in [1.29, 1.82) is 0 Å². The fraction of sp³-hybridized carbons (Fsp3) is 0.421. The fourth-order valence-electron chi connectivity index (χ4n) is 3.68. The lowest BCUT2D eigenvalue weighted by Gasteiger charge is -2.28. The Morgan fingerprint density at radius 2 is 2.04 bits per heavy atom. The summed E-state index contributed by atoms with van der Waals surface area (Å²) in [5, 5.41) is 7.56. The first-order valence-electron chi connectivity index (χ1n) is 8.54. The number of benzene rings is 1. The van der Waals surface area contributed by atoms with E-state index in [0.29, 0.717) is 11.7 Å². The van der Waals surface area contributed by atoms with Gasteiger partial charge >= 0.3 is 0 Å². The van der Waals surface area contributed by atoms with Gasteiger partial charge in [0.15, 0.2) is 0 Å². The molecule has 25 heavy (non-hydrogen) atoms. The molecular formula is C19H22N2O3S. The van der Waals surface area contributed by atoms with Crippen LogP contribution in [0.15, 0.2) is 18.2 Å². The van der Waals surface area contributed by atoms with E-state index >= 15 is 0 Å². The molecule has 0 saturated carbocycles. The molecule has 2 aliphatic rings. The standard InChI is InChI=1S/C19H22N2O3S/c1-10-4-6-13-15(8-10)25-19-16(13)18(22)20-17(21-19)12-7-5-11(23-2)9-14(12)24-3/h5,7,9-10,17,21H,4,6,8H2,1-3H3,(H,20,22). The van der Waals surface area contributed by atoms with Crippen molar-refractivity contribution in [3.05, 3.63) is 39.8 Å². The van der Waals surface area contributed by atoms with Crippen molar-refractivity contribution < 1.29 is 14.3 Å². The van der Waals surface area contributed by atoms with Crippen LogP contribution in [0.1, 0.15) is 45.9 Å². The van der Waals surface area contributed by atoms with E-state index in [1.165, 1.54) is 10.4 Å². The Hall–Kier alpha value is -2.21. The van der Waals surface area contributed by atoms with Gasteiger partial charge in [0, 0.05) is 16.5 Å². The first-order chi connectivity index (χ1) is 12.1. The van der Waals surface area contributed by atoms with Crippen LogP contribution >= 0.6 is 11.3 Å². The summed E-state index contributed by atoms with van der Waals surface area (Å²) in [7, 11) is 3.25. The number of methoxy groups -OCH3 is 2.